The van der Waals surface area contributed by atoms with Gasteiger partial charge in [-0.2, -0.15) is 5.26 Å². The van der Waals surface area contributed by atoms with Crippen LogP contribution in [0.2, 0.25) is 0 Å². The van der Waals surface area contributed by atoms with Gasteiger partial charge in [0.05, 0.1) is 16.0 Å². The van der Waals surface area contributed by atoms with Crippen LogP contribution in [0.5, 0.6) is 0 Å². The van der Waals surface area contributed by atoms with E-state index in [4.69, 9.17) is 4.42 Å². The van der Waals surface area contributed by atoms with Crippen molar-refractivity contribution in [3.63, 3.8) is 0 Å². The van der Waals surface area contributed by atoms with Gasteiger partial charge in [-0.25, -0.2) is 13.1 Å². The quantitative estimate of drug-likeness (QED) is 0.576. The molecule has 8 nitrogen and oxygen atoms in total. The number of sulfonamides is 1. The molecule has 162 valence electrons. The highest BCUT2D eigenvalue weighted by Gasteiger charge is 2.34. The lowest BCUT2D eigenvalue weighted by atomic mass is 10.1. The molecule has 1 aromatic heterocycles. The van der Waals surface area contributed by atoms with Gasteiger partial charge >= 0.3 is 0 Å². The molecule has 0 radical (unpaired) electrons. The van der Waals surface area contributed by atoms with E-state index in [0.717, 1.165) is 5.56 Å². The zero-order valence-corrected chi connectivity index (χ0v) is 18.2. The van der Waals surface area contributed by atoms with E-state index in [1.165, 1.54) is 17.0 Å². The van der Waals surface area contributed by atoms with Gasteiger partial charge in [0.1, 0.15) is 17.4 Å². The van der Waals surface area contributed by atoms with Crippen LogP contribution in [-0.2, 0) is 16.4 Å². The summed E-state index contributed by atoms with van der Waals surface area (Å²) in [5.41, 5.74) is 2.27. The number of imide groups is 1. The van der Waals surface area contributed by atoms with Crippen molar-refractivity contribution >= 4 is 27.7 Å². The van der Waals surface area contributed by atoms with E-state index < -0.39 is 10.0 Å². The molecule has 1 aliphatic heterocycles. The highest BCUT2D eigenvalue weighted by atomic mass is 32.2. The first-order valence-corrected chi connectivity index (χ1v) is 11.3. The second kappa shape index (κ2) is 7.98. The van der Waals surface area contributed by atoms with Crippen LogP contribution in [-0.4, -0.2) is 31.7 Å². The summed E-state index contributed by atoms with van der Waals surface area (Å²) in [7, 11) is -3.96. The Morgan fingerprint density at radius 2 is 1.59 bits per heavy atom. The van der Waals surface area contributed by atoms with E-state index in [9.17, 15) is 23.3 Å². The van der Waals surface area contributed by atoms with Crippen LogP contribution in [0.3, 0.4) is 0 Å². The molecule has 0 bridgehead atoms. The number of aryl methyl sites for hydroxylation is 1. The first-order chi connectivity index (χ1) is 15.2. The zero-order valence-electron chi connectivity index (χ0n) is 17.4. The normalized spacial score (nSPS) is 13.2. The van der Waals surface area contributed by atoms with Crippen molar-refractivity contribution in [1.82, 2.24) is 4.90 Å². The van der Waals surface area contributed by atoms with Crippen molar-refractivity contribution in [2.75, 3.05) is 11.3 Å². The number of furan rings is 1. The first kappa shape index (κ1) is 21.3. The van der Waals surface area contributed by atoms with Crippen molar-refractivity contribution < 1.29 is 22.4 Å². The summed E-state index contributed by atoms with van der Waals surface area (Å²) in [6, 6.07) is 14.7. The van der Waals surface area contributed by atoms with Crippen LogP contribution >= 0.6 is 0 Å². The average molecular weight is 449 g/mol. The van der Waals surface area contributed by atoms with Crippen LogP contribution in [0.25, 0.3) is 0 Å². The van der Waals surface area contributed by atoms with E-state index in [-0.39, 0.29) is 34.7 Å². The molecule has 4 rings (SSSR count). The molecule has 2 heterocycles. The number of anilines is 1. The van der Waals surface area contributed by atoms with Crippen LogP contribution in [0.4, 0.5) is 5.88 Å². The minimum atomic E-state index is -3.96. The van der Waals surface area contributed by atoms with Crippen molar-refractivity contribution in [3.8, 4) is 6.07 Å². The van der Waals surface area contributed by atoms with Gasteiger partial charge in [-0.3, -0.25) is 14.5 Å². The molecule has 2 amide bonds. The highest BCUT2D eigenvalue weighted by Crippen LogP contribution is 2.28. The van der Waals surface area contributed by atoms with Gasteiger partial charge in [-0.05, 0) is 50.1 Å². The number of nitriles is 1. The number of nitrogens with one attached hydrogen (secondary N) is 1. The Labute approximate surface area is 185 Å². The maximum absolute atomic E-state index is 12.7. The fourth-order valence-corrected chi connectivity index (χ4v) is 4.53. The van der Waals surface area contributed by atoms with Gasteiger partial charge in [0, 0.05) is 12.1 Å². The van der Waals surface area contributed by atoms with Gasteiger partial charge in [-0.1, -0.05) is 24.3 Å². The lowest BCUT2D eigenvalue weighted by Crippen LogP contribution is -2.31. The number of hydrogen-bond acceptors (Lipinski definition) is 6. The summed E-state index contributed by atoms with van der Waals surface area (Å²) >= 11 is 0. The SMILES string of the molecule is Cc1oc(NS(=O)(=O)c2ccc(CCN3C(=O)c4ccccc4C3=O)cc2)c(C#N)c1C. The van der Waals surface area contributed by atoms with Crippen molar-refractivity contribution in [2.45, 2.75) is 25.2 Å². The molecule has 1 aliphatic rings. The molecule has 9 heteroatoms. The average Bonchev–Trinajstić information content (AvgIpc) is 3.18. The number of benzene rings is 2. The number of carbonyl (C=O) groups excluding carboxylic acids is 2. The summed E-state index contributed by atoms with van der Waals surface area (Å²) in [6.07, 6.45) is 0.383. The lowest BCUT2D eigenvalue weighted by Gasteiger charge is -2.14. The lowest BCUT2D eigenvalue weighted by molar-refractivity contribution is 0.0656. The number of amides is 2. The number of hydrogen-bond donors (Lipinski definition) is 1. The Bertz CT molecular complexity index is 1350. The third-order valence-electron chi connectivity index (χ3n) is 5.46. The van der Waals surface area contributed by atoms with Crippen molar-refractivity contribution in [1.29, 1.82) is 5.26 Å². The minimum absolute atomic E-state index is 0.00224. The highest BCUT2D eigenvalue weighted by molar-refractivity contribution is 7.92. The van der Waals surface area contributed by atoms with Crippen molar-refractivity contribution in [2.24, 2.45) is 0 Å². The molecule has 0 fully saturated rings. The molecule has 0 atom stereocenters. The minimum Gasteiger partial charge on any atom is -0.443 e. The Hall–Kier alpha value is -3.90. The van der Waals surface area contributed by atoms with Crippen LogP contribution in [0, 0.1) is 25.2 Å². The Balaban J connectivity index is 1.46. The first-order valence-electron chi connectivity index (χ1n) is 9.80. The third-order valence-corrected chi connectivity index (χ3v) is 6.81. The maximum atomic E-state index is 12.7. The zero-order chi connectivity index (χ0) is 23.0. The Morgan fingerprint density at radius 1 is 1.00 bits per heavy atom. The predicted octanol–water partition coefficient (Wildman–Crippen LogP) is 3.41. The van der Waals surface area contributed by atoms with Gasteiger partial charge in [0.15, 0.2) is 0 Å². The monoisotopic (exact) mass is 449 g/mol. The molecule has 0 spiro atoms. The second-order valence-corrected chi connectivity index (χ2v) is 9.09. The fourth-order valence-electron chi connectivity index (χ4n) is 3.53. The molecule has 0 saturated heterocycles. The molecule has 3 aromatic rings. The summed E-state index contributed by atoms with van der Waals surface area (Å²) < 4.78 is 33.1. The topological polar surface area (TPSA) is 120 Å². The Morgan fingerprint density at radius 3 is 2.16 bits per heavy atom. The van der Waals surface area contributed by atoms with E-state index in [0.29, 0.717) is 28.9 Å². The number of carbonyl (C=O) groups is 2. The Kier molecular flexibility index (Phi) is 5.32. The molecule has 2 aromatic carbocycles. The number of nitrogens with zero attached hydrogens (tertiary/aromatic N) is 2. The summed E-state index contributed by atoms with van der Waals surface area (Å²) in [4.78, 5) is 26.1. The third kappa shape index (κ3) is 3.65. The fraction of sp³-hybridized carbons (Fsp3) is 0.174. The number of fused-ring (bicyclic) bond motifs is 1. The van der Waals surface area contributed by atoms with Gasteiger partial charge in [0.25, 0.3) is 21.8 Å². The van der Waals surface area contributed by atoms with Gasteiger partial charge < -0.3 is 4.42 Å². The van der Waals surface area contributed by atoms with Crippen molar-refractivity contribution in [3.05, 3.63) is 82.1 Å². The van der Waals surface area contributed by atoms with Crippen LogP contribution in [0.15, 0.2) is 57.8 Å². The van der Waals surface area contributed by atoms with Gasteiger partial charge in [0.2, 0.25) is 5.88 Å². The molecule has 0 aliphatic carbocycles. The van der Waals surface area contributed by atoms with Crippen LogP contribution < -0.4 is 4.72 Å². The molecule has 0 saturated carbocycles. The summed E-state index contributed by atoms with van der Waals surface area (Å²) in [6.45, 7) is 3.52. The second-order valence-electron chi connectivity index (χ2n) is 7.41. The van der Waals surface area contributed by atoms with E-state index in [2.05, 4.69) is 4.72 Å². The smallest absolute Gasteiger partial charge is 0.264 e. The van der Waals surface area contributed by atoms with E-state index in [1.54, 1.807) is 50.2 Å². The van der Waals surface area contributed by atoms with Crippen LogP contribution in [0.1, 0.15) is 43.2 Å². The van der Waals surface area contributed by atoms with E-state index >= 15 is 0 Å². The number of rotatable bonds is 6. The standard InChI is InChI=1S/C23H19N3O5S/c1-14-15(2)31-21(20(14)13-24)25-32(29,30)17-9-7-16(8-10-17)11-12-26-22(27)18-5-3-4-6-19(18)23(26)28/h3-10,25H,11-12H2,1-2H3. The molecule has 1 N–H and O–H groups in total. The summed E-state index contributed by atoms with van der Waals surface area (Å²) in [5, 5.41) is 9.26. The largest absolute Gasteiger partial charge is 0.443 e. The molecular formula is C23H19N3O5S. The van der Waals surface area contributed by atoms with E-state index in [1.807, 2.05) is 6.07 Å². The molecule has 32 heavy (non-hydrogen) atoms. The maximum Gasteiger partial charge on any atom is 0.264 e. The van der Waals surface area contributed by atoms with Gasteiger partial charge in [-0.15, -0.1) is 0 Å². The predicted molar refractivity (Wildman–Crippen MR) is 116 cm³/mol. The summed E-state index contributed by atoms with van der Waals surface area (Å²) in [5.74, 6) is -0.308. The molecular weight excluding hydrogens is 430 g/mol. The molecule has 0 unspecified atom stereocenters.